The molecule has 6 rings (SSSR count). The van der Waals surface area contributed by atoms with Crippen molar-refractivity contribution in [2.45, 2.75) is 52.8 Å². The van der Waals surface area contributed by atoms with Crippen molar-refractivity contribution in [1.29, 1.82) is 0 Å². The van der Waals surface area contributed by atoms with Gasteiger partial charge in [-0.1, -0.05) is 163 Å². The number of hydrogen-bond acceptors (Lipinski definition) is 6. The average molecular weight is 733 g/mol. The van der Waals surface area contributed by atoms with E-state index in [2.05, 4.69) is 156 Å². The maximum Gasteiger partial charge on any atom is 0.285 e. The fraction of sp³-hybridized carbons (Fsp3) is 0.333. The van der Waals surface area contributed by atoms with Crippen molar-refractivity contribution in [3.8, 4) is 0 Å². The zero-order chi connectivity index (χ0) is 36.2. The lowest BCUT2D eigenvalue weighted by Crippen LogP contribution is -2.67. The van der Waals surface area contributed by atoms with E-state index in [1.807, 2.05) is 24.6 Å². The molecule has 5 aromatic rings. The second-order valence-electron chi connectivity index (χ2n) is 15.4. The van der Waals surface area contributed by atoms with Crippen LogP contribution in [0.15, 0.2) is 127 Å². The molecule has 2 unspecified atom stereocenters. The number of rotatable bonds is 12. The van der Waals surface area contributed by atoms with Gasteiger partial charge < -0.3 is 18.7 Å². The fourth-order valence-electron chi connectivity index (χ4n) is 7.01. The van der Waals surface area contributed by atoms with E-state index in [1.54, 1.807) is 4.90 Å². The van der Waals surface area contributed by atoms with Crippen molar-refractivity contribution in [1.82, 2.24) is 9.88 Å². The van der Waals surface area contributed by atoms with Crippen LogP contribution in [0, 0.1) is 11.3 Å². The highest BCUT2D eigenvalue weighted by molar-refractivity contribution is 7.14. The van der Waals surface area contributed by atoms with Gasteiger partial charge in [0, 0.05) is 31.4 Å². The van der Waals surface area contributed by atoms with E-state index >= 15 is 0 Å². The van der Waals surface area contributed by atoms with Crippen molar-refractivity contribution in [3.05, 3.63) is 132 Å². The smallest absolute Gasteiger partial charge is 0.285 e. The summed E-state index contributed by atoms with van der Waals surface area (Å²) in [6, 6.07) is 42.3. The number of aromatic nitrogens is 1. The van der Waals surface area contributed by atoms with Gasteiger partial charge in [-0.2, -0.15) is 0 Å². The van der Waals surface area contributed by atoms with Crippen LogP contribution in [0.1, 0.15) is 52.0 Å². The molecule has 1 aliphatic heterocycles. The van der Waals surface area contributed by atoms with E-state index in [-0.39, 0.29) is 22.6 Å². The van der Waals surface area contributed by atoms with Crippen molar-refractivity contribution in [3.63, 3.8) is 0 Å². The molecule has 0 bridgehead atoms. The highest BCUT2D eigenvalue weighted by atomic mass is 32.1. The first-order valence-corrected chi connectivity index (χ1v) is 22.0. The zero-order valence-corrected chi connectivity index (χ0v) is 33.7. The van der Waals surface area contributed by atoms with E-state index in [0.29, 0.717) is 24.8 Å². The number of benzene rings is 4. The minimum absolute atomic E-state index is 0.0444. The molecular weight excluding hydrogens is 683 g/mol. The molecule has 0 spiro atoms. The summed E-state index contributed by atoms with van der Waals surface area (Å²) in [4.78, 5) is 22.7. The number of hydrogen-bond donors (Lipinski definition) is 0. The van der Waals surface area contributed by atoms with Crippen molar-refractivity contribution in [2.24, 2.45) is 11.3 Å². The molecule has 0 aliphatic carbocycles. The largest absolute Gasteiger partial charge is 0.406 e. The van der Waals surface area contributed by atoms with Crippen LogP contribution in [-0.2, 0) is 8.85 Å². The number of likely N-dealkylation sites (N-methyl/N-ethyl adjacent to an activating group) is 1. The molecule has 1 saturated heterocycles. The Morgan fingerprint density at radius 3 is 1.78 bits per heavy atom. The molecule has 265 valence electrons. The molecule has 4 aromatic carbocycles. The molecule has 1 fully saturated rings. The van der Waals surface area contributed by atoms with Gasteiger partial charge in [-0.25, -0.2) is 4.98 Å². The Bertz CT molecular complexity index is 1780. The van der Waals surface area contributed by atoms with Crippen LogP contribution in [0.2, 0.25) is 5.04 Å². The number of nitrogens with zero attached hydrogens (tertiary/aromatic N) is 3. The summed E-state index contributed by atoms with van der Waals surface area (Å²) >= 11 is 1.51. The molecular formula is C42H50N3O3SSi2. The van der Waals surface area contributed by atoms with Crippen LogP contribution in [0.3, 0.4) is 0 Å². The zero-order valence-electron chi connectivity index (χ0n) is 30.9. The Morgan fingerprint density at radius 2 is 1.31 bits per heavy atom. The van der Waals surface area contributed by atoms with Gasteiger partial charge in [0.15, 0.2) is 5.13 Å². The van der Waals surface area contributed by atoms with Gasteiger partial charge in [0.2, 0.25) is 0 Å². The molecule has 1 radical (unpaired) electrons. The lowest BCUT2D eigenvalue weighted by Gasteiger charge is -2.53. The van der Waals surface area contributed by atoms with E-state index < -0.39 is 17.4 Å². The Hall–Kier alpha value is -3.87. The van der Waals surface area contributed by atoms with Crippen LogP contribution in [0.4, 0.5) is 5.13 Å². The Labute approximate surface area is 311 Å². The van der Waals surface area contributed by atoms with Gasteiger partial charge in [0.25, 0.3) is 23.3 Å². The Morgan fingerprint density at radius 1 is 0.824 bits per heavy atom. The summed E-state index contributed by atoms with van der Waals surface area (Å²) in [5.74, 6) is 0.210. The first-order valence-electron chi connectivity index (χ1n) is 17.8. The number of carbonyl (C=O) groups excluding carboxylic acids is 1. The maximum atomic E-state index is 13.8. The van der Waals surface area contributed by atoms with Gasteiger partial charge in [-0.05, 0) is 31.2 Å². The first kappa shape index (κ1) is 36.9. The number of anilines is 1. The topological polar surface area (TPSA) is 54.9 Å². The number of amides is 1. The number of carbonyl (C=O) groups is 1. The molecule has 9 heteroatoms. The van der Waals surface area contributed by atoms with Crippen LogP contribution in [0.5, 0.6) is 0 Å². The van der Waals surface area contributed by atoms with Crippen LogP contribution >= 0.6 is 11.3 Å². The number of thiazole rings is 1. The average Bonchev–Trinajstić information content (AvgIpc) is 3.59. The monoisotopic (exact) mass is 732 g/mol. The summed E-state index contributed by atoms with van der Waals surface area (Å²) < 4.78 is 14.2. The van der Waals surface area contributed by atoms with E-state index in [1.165, 1.54) is 32.1 Å². The molecule has 6 nitrogen and oxygen atoms in total. The predicted octanol–water partition coefficient (Wildman–Crippen LogP) is 6.42. The highest BCUT2D eigenvalue weighted by Gasteiger charge is 2.51. The lowest BCUT2D eigenvalue weighted by atomic mass is 9.74. The van der Waals surface area contributed by atoms with E-state index in [4.69, 9.17) is 13.8 Å². The van der Waals surface area contributed by atoms with Gasteiger partial charge >= 0.3 is 0 Å². The summed E-state index contributed by atoms with van der Waals surface area (Å²) in [7, 11) is -2.39. The SMILES string of the molecule is CN(CCO[Si](c1ccccc1)(c1ccccc1)C(C)(C)C)C(=O)c1csc(N2CC(C(C)(C)C)C2O[Si](c2ccccc2)c2ccccc2)n1. The third kappa shape index (κ3) is 7.83. The summed E-state index contributed by atoms with van der Waals surface area (Å²) in [6.07, 6.45) is -0.147. The molecule has 1 aliphatic rings. The molecule has 2 heterocycles. The quantitative estimate of drug-likeness (QED) is 0.139. The van der Waals surface area contributed by atoms with Crippen molar-refractivity contribution in [2.75, 3.05) is 31.6 Å². The minimum Gasteiger partial charge on any atom is -0.406 e. The second kappa shape index (κ2) is 15.4. The Kier molecular flexibility index (Phi) is 11.1. The predicted molar refractivity (Wildman–Crippen MR) is 216 cm³/mol. The third-order valence-electron chi connectivity index (χ3n) is 9.93. The maximum absolute atomic E-state index is 13.8. The van der Waals surface area contributed by atoms with Gasteiger partial charge in [-0.3, -0.25) is 4.79 Å². The Balaban J connectivity index is 1.19. The minimum atomic E-state index is -2.70. The van der Waals surface area contributed by atoms with Crippen LogP contribution in [-0.4, -0.2) is 66.1 Å². The summed E-state index contributed by atoms with van der Waals surface area (Å²) in [6.45, 7) is 15.4. The highest BCUT2D eigenvalue weighted by Crippen LogP contribution is 2.43. The summed E-state index contributed by atoms with van der Waals surface area (Å²) in [5.41, 5.74) is 0.500. The van der Waals surface area contributed by atoms with Gasteiger partial charge in [-0.15, -0.1) is 11.3 Å². The van der Waals surface area contributed by atoms with Gasteiger partial charge in [0.05, 0.1) is 6.61 Å². The molecule has 51 heavy (non-hydrogen) atoms. The lowest BCUT2D eigenvalue weighted by molar-refractivity contribution is 0.00493. The van der Waals surface area contributed by atoms with E-state index in [9.17, 15) is 4.79 Å². The van der Waals surface area contributed by atoms with Crippen LogP contribution < -0.4 is 25.6 Å². The third-order valence-corrected chi connectivity index (χ3v) is 18.0. The van der Waals surface area contributed by atoms with E-state index in [0.717, 1.165) is 11.7 Å². The fourth-order valence-corrected chi connectivity index (χ4v) is 14.5. The van der Waals surface area contributed by atoms with Crippen molar-refractivity contribution >= 4 is 60.5 Å². The molecule has 1 amide bonds. The summed E-state index contributed by atoms with van der Waals surface area (Å²) in [5, 5.41) is 7.46. The van der Waals surface area contributed by atoms with Crippen LogP contribution in [0.25, 0.3) is 0 Å². The second-order valence-corrected chi connectivity index (χ2v) is 22.6. The van der Waals surface area contributed by atoms with Crippen molar-refractivity contribution < 1.29 is 13.6 Å². The molecule has 0 saturated carbocycles. The molecule has 0 N–H and O–H groups in total. The molecule has 1 aromatic heterocycles. The van der Waals surface area contributed by atoms with Gasteiger partial charge in [0.1, 0.15) is 11.9 Å². The normalized spacial score (nSPS) is 16.6. The molecule has 2 atom stereocenters. The first-order chi connectivity index (χ1) is 24.4. The standard InChI is InChI=1S/C42H50N3O3SSi2/c1-41(2,3)36-30-45(39(36)48-50(32-20-12-8-13-21-32)33-22-14-9-15-23-33)40-43-37(31-49-40)38(46)44(7)28-29-47-51(42(4,5)6,34-24-16-10-17-25-34)35-26-18-11-19-27-35/h8-27,31,36,39H,28-30H2,1-7H3.